The van der Waals surface area contributed by atoms with Gasteiger partial charge in [-0.1, -0.05) is 24.3 Å². The van der Waals surface area contributed by atoms with E-state index in [1.54, 1.807) is 0 Å². The summed E-state index contributed by atoms with van der Waals surface area (Å²) in [6, 6.07) is 16.1. The average Bonchev–Trinajstić information content (AvgIpc) is 2.69. The number of amides is 1. The third-order valence-electron chi connectivity index (χ3n) is 4.70. The van der Waals surface area contributed by atoms with Crippen LogP contribution in [0, 0.1) is 3.57 Å². The van der Waals surface area contributed by atoms with Gasteiger partial charge in [-0.15, -0.1) is 0 Å². The summed E-state index contributed by atoms with van der Waals surface area (Å²) in [4.78, 5) is 16.8. The van der Waals surface area contributed by atoms with Crippen molar-refractivity contribution in [3.8, 4) is 5.75 Å². The van der Waals surface area contributed by atoms with E-state index in [1.165, 1.54) is 5.56 Å². The first-order chi connectivity index (χ1) is 13.1. The minimum absolute atomic E-state index is 0.0298. The third-order valence-corrected chi connectivity index (χ3v) is 5.42. The lowest BCUT2D eigenvalue weighted by Crippen LogP contribution is -2.43. The zero-order valence-electron chi connectivity index (χ0n) is 15.7. The van der Waals surface area contributed by atoms with Gasteiger partial charge in [0.05, 0.1) is 0 Å². The summed E-state index contributed by atoms with van der Waals surface area (Å²) in [7, 11) is 2.17. The predicted molar refractivity (Wildman–Crippen MR) is 116 cm³/mol. The summed E-state index contributed by atoms with van der Waals surface area (Å²) in [6.07, 6.45) is 0. The first kappa shape index (κ1) is 20.1. The van der Waals surface area contributed by atoms with Crippen molar-refractivity contribution < 1.29 is 9.53 Å². The molecule has 1 N–H and O–H groups in total. The Morgan fingerprint density at radius 3 is 2.30 bits per heavy atom. The molecule has 6 heteroatoms. The van der Waals surface area contributed by atoms with Gasteiger partial charge >= 0.3 is 0 Å². The maximum Gasteiger partial charge on any atom is 0.258 e. The molecule has 2 aromatic rings. The van der Waals surface area contributed by atoms with Crippen LogP contribution in [0.15, 0.2) is 48.5 Å². The number of benzene rings is 2. The van der Waals surface area contributed by atoms with Gasteiger partial charge in [0.15, 0.2) is 6.61 Å². The van der Waals surface area contributed by atoms with E-state index in [0.29, 0.717) is 12.3 Å². The lowest BCUT2D eigenvalue weighted by Gasteiger charge is -2.32. The van der Waals surface area contributed by atoms with Crippen molar-refractivity contribution in [2.45, 2.75) is 13.1 Å². The van der Waals surface area contributed by atoms with Crippen molar-refractivity contribution in [3.05, 3.63) is 63.2 Å². The fourth-order valence-electron chi connectivity index (χ4n) is 2.96. The number of halogens is 1. The zero-order valence-corrected chi connectivity index (χ0v) is 17.8. The average molecular weight is 479 g/mol. The molecule has 2 aromatic carbocycles. The maximum atomic E-state index is 12.0. The van der Waals surface area contributed by atoms with Gasteiger partial charge in [-0.3, -0.25) is 9.69 Å². The second kappa shape index (κ2) is 10.1. The Hall–Kier alpha value is -1.64. The van der Waals surface area contributed by atoms with Crippen LogP contribution >= 0.6 is 22.6 Å². The third kappa shape index (κ3) is 6.79. The van der Waals surface area contributed by atoms with E-state index >= 15 is 0 Å². The molecular formula is C21H26IN3O2. The Labute approximate surface area is 174 Å². The second-order valence-electron chi connectivity index (χ2n) is 6.92. The minimum Gasteiger partial charge on any atom is -0.484 e. The normalized spacial score (nSPS) is 15.5. The van der Waals surface area contributed by atoms with Gasteiger partial charge in [0.1, 0.15) is 5.75 Å². The standard InChI is InChI=1S/C21H26IN3O2/c1-24-10-12-25(13-11-24)15-18-4-2-17(3-5-18)14-23-21(26)16-27-20-8-6-19(22)7-9-20/h2-9H,10-16H2,1H3,(H,23,26). The number of hydrogen-bond acceptors (Lipinski definition) is 4. The highest BCUT2D eigenvalue weighted by Gasteiger charge is 2.13. The molecule has 1 amide bonds. The summed E-state index contributed by atoms with van der Waals surface area (Å²) in [5, 5.41) is 2.90. The van der Waals surface area contributed by atoms with Crippen LogP contribution in [-0.2, 0) is 17.9 Å². The van der Waals surface area contributed by atoms with Crippen LogP contribution in [0.3, 0.4) is 0 Å². The highest BCUT2D eigenvalue weighted by atomic mass is 127. The van der Waals surface area contributed by atoms with E-state index in [9.17, 15) is 4.79 Å². The fraction of sp³-hybridized carbons (Fsp3) is 0.381. The number of likely N-dealkylation sites (N-methyl/N-ethyl adjacent to an activating group) is 1. The van der Waals surface area contributed by atoms with Gasteiger partial charge < -0.3 is 15.0 Å². The van der Waals surface area contributed by atoms with Gasteiger partial charge in [-0.05, 0) is 65.0 Å². The second-order valence-corrected chi connectivity index (χ2v) is 8.16. The molecule has 144 valence electrons. The van der Waals surface area contributed by atoms with Crippen molar-refractivity contribution in [1.29, 1.82) is 0 Å². The molecule has 5 nitrogen and oxygen atoms in total. The minimum atomic E-state index is -0.116. The fourth-order valence-corrected chi connectivity index (χ4v) is 3.32. The monoisotopic (exact) mass is 479 g/mol. The number of carbonyl (C=O) groups is 1. The lowest BCUT2D eigenvalue weighted by atomic mass is 10.1. The van der Waals surface area contributed by atoms with Crippen molar-refractivity contribution in [2.75, 3.05) is 39.8 Å². The molecule has 1 saturated heterocycles. The number of ether oxygens (including phenoxy) is 1. The largest absolute Gasteiger partial charge is 0.484 e. The molecular weight excluding hydrogens is 453 g/mol. The van der Waals surface area contributed by atoms with Crippen molar-refractivity contribution in [2.24, 2.45) is 0 Å². The highest BCUT2D eigenvalue weighted by molar-refractivity contribution is 14.1. The summed E-state index contributed by atoms with van der Waals surface area (Å²) in [5.41, 5.74) is 2.41. The predicted octanol–water partition coefficient (Wildman–Crippen LogP) is 2.73. The van der Waals surface area contributed by atoms with E-state index < -0.39 is 0 Å². The highest BCUT2D eigenvalue weighted by Crippen LogP contribution is 2.13. The number of rotatable bonds is 7. The molecule has 1 aliphatic heterocycles. The Kier molecular flexibility index (Phi) is 7.49. The number of carbonyl (C=O) groups excluding carboxylic acids is 1. The van der Waals surface area contributed by atoms with E-state index in [-0.39, 0.29) is 12.5 Å². The molecule has 1 heterocycles. The number of nitrogens with zero attached hydrogens (tertiary/aromatic N) is 2. The molecule has 0 aromatic heterocycles. The van der Waals surface area contributed by atoms with Gasteiger partial charge in [-0.25, -0.2) is 0 Å². The van der Waals surface area contributed by atoms with E-state index in [0.717, 1.165) is 41.9 Å². The zero-order chi connectivity index (χ0) is 19.1. The van der Waals surface area contributed by atoms with Gasteiger partial charge in [0.25, 0.3) is 5.91 Å². The quantitative estimate of drug-likeness (QED) is 0.621. The summed E-state index contributed by atoms with van der Waals surface area (Å²) in [5.74, 6) is 0.592. The molecule has 0 atom stereocenters. The Balaban J connectivity index is 1.39. The first-order valence-corrected chi connectivity index (χ1v) is 10.3. The Morgan fingerprint density at radius 2 is 1.63 bits per heavy atom. The van der Waals surface area contributed by atoms with Crippen molar-refractivity contribution in [3.63, 3.8) is 0 Å². The van der Waals surface area contributed by atoms with Crippen LogP contribution in [0.25, 0.3) is 0 Å². The van der Waals surface area contributed by atoms with Crippen molar-refractivity contribution >= 4 is 28.5 Å². The molecule has 3 rings (SSSR count). The van der Waals surface area contributed by atoms with Gasteiger partial charge in [0.2, 0.25) is 0 Å². The number of hydrogen-bond donors (Lipinski definition) is 1. The lowest BCUT2D eigenvalue weighted by molar-refractivity contribution is -0.123. The molecule has 1 fully saturated rings. The van der Waals surface area contributed by atoms with E-state index in [4.69, 9.17) is 4.74 Å². The maximum absolute atomic E-state index is 12.0. The van der Waals surface area contributed by atoms with Crippen LogP contribution < -0.4 is 10.1 Å². The molecule has 0 spiro atoms. The molecule has 0 saturated carbocycles. The van der Waals surface area contributed by atoms with Gasteiger partial charge in [-0.2, -0.15) is 0 Å². The molecule has 0 bridgehead atoms. The van der Waals surface area contributed by atoms with Crippen molar-refractivity contribution in [1.82, 2.24) is 15.1 Å². The van der Waals surface area contributed by atoms with Crippen LogP contribution in [-0.4, -0.2) is 55.5 Å². The van der Waals surface area contributed by atoms with Gasteiger partial charge in [0, 0.05) is 42.8 Å². The van der Waals surface area contributed by atoms with Crippen LogP contribution in [0.2, 0.25) is 0 Å². The SMILES string of the molecule is CN1CCN(Cc2ccc(CNC(=O)COc3ccc(I)cc3)cc2)CC1. The first-order valence-electron chi connectivity index (χ1n) is 9.22. The summed E-state index contributed by atoms with van der Waals surface area (Å²) >= 11 is 2.24. The molecule has 0 unspecified atom stereocenters. The summed E-state index contributed by atoms with van der Waals surface area (Å²) < 4.78 is 6.64. The Morgan fingerprint density at radius 1 is 1.00 bits per heavy atom. The molecule has 0 aliphatic carbocycles. The molecule has 0 radical (unpaired) electrons. The van der Waals surface area contributed by atoms with Crippen LogP contribution in [0.1, 0.15) is 11.1 Å². The number of piperazine rings is 1. The molecule has 27 heavy (non-hydrogen) atoms. The van der Waals surface area contributed by atoms with E-state index in [1.807, 2.05) is 24.3 Å². The Bertz CT molecular complexity index is 726. The topological polar surface area (TPSA) is 44.8 Å². The number of nitrogens with one attached hydrogen (secondary N) is 1. The molecule has 1 aliphatic rings. The summed E-state index contributed by atoms with van der Waals surface area (Å²) in [6.45, 7) is 6.04. The van der Waals surface area contributed by atoms with Crippen LogP contribution in [0.4, 0.5) is 0 Å². The smallest absolute Gasteiger partial charge is 0.258 e. The van der Waals surface area contributed by atoms with Crippen LogP contribution in [0.5, 0.6) is 5.75 Å². The van der Waals surface area contributed by atoms with E-state index in [2.05, 4.69) is 69.0 Å².